The van der Waals surface area contributed by atoms with Gasteiger partial charge in [0.1, 0.15) is 13.2 Å². The summed E-state index contributed by atoms with van der Waals surface area (Å²) in [4.78, 5) is 46.9. The van der Waals surface area contributed by atoms with Crippen molar-refractivity contribution in [2.75, 3.05) is 39.6 Å². The van der Waals surface area contributed by atoms with Gasteiger partial charge in [0.05, 0.1) is 38.3 Å². The number of esters is 2. The molecule has 0 radical (unpaired) electrons. The summed E-state index contributed by atoms with van der Waals surface area (Å²) in [5.41, 5.74) is 0. The number of carbonyl (C=O) groups is 4. The topological polar surface area (TPSA) is 146 Å². The number of rotatable bonds is 41. The predicted octanol–water partition coefficient (Wildman–Crippen LogP) is 10.5. The van der Waals surface area contributed by atoms with Crippen molar-refractivity contribution in [3.05, 3.63) is 0 Å². The summed E-state index contributed by atoms with van der Waals surface area (Å²) in [5, 5.41) is 17.5. The van der Waals surface area contributed by atoms with Gasteiger partial charge in [-0.05, 0) is 38.5 Å². The quantitative estimate of drug-likeness (QED) is 0.0458. The van der Waals surface area contributed by atoms with E-state index in [0.29, 0.717) is 26.4 Å². The molecule has 0 aromatic heterocycles. The first-order valence-corrected chi connectivity index (χ1v) is 21.2. The van der Waals surface area contributed by atoms with E-state index in [9.17, 15) is 19.2 Å². The molecule has 0 saturated carbocycles. The first kappa shape index (κ1) is 49.8. The van der Waals surface area contributed by atoms with Gasteiger partial charge in [0.25, 0.3) is 0 Å². The second-order valence-corrected chi connectivity index (χ2v) is 14.5. The molecule has 0 rings (SSSR count). The number of aliphatic carboxylic acids is 2. The number of carboxylic acid groups (broad SMARTS) is 2. The van der Waals surface area contributed by atoms with Gasteiger partial charge < -0.3 is 29.2 Å². The number of hydrogen-bond acceptors (Lipinski definition) is 8. The summed E-state index contributed by atoms with van der Waals surface area (Å²) < 4.78 is 22.4. The summed E-state index contributed by atoms with van der Waals surface area (Å²) >= 11 is 0. The van der Waals surface area contributed by atoms with Crippen LogP contribution in [0.25, 0.3) is 0 Å². The van der Waals surface area contributed by atoms with Crippen molar-refractivity contribution < 1.29 is 48.3 Å². The summed E-state index contributed by atoms with van der Waals surface area (Å²) in [7, 11) is 0. The molecular weight excluding hydrogens is 664 g/mol. The Hall–Kier alpha value is -2.20. The van der Waals surface area contributed by atoms with Crippen LogP contribution in [0.2, 0.25) is 0 Å². The maximum atomic E-state index is 12.8. The molecule has 2 unspecified atom stereocenters. The van der Waals surface area contributed by atoms with Crippen molar-refractivity contribution in [2.24, 2.45) is 11.8 Å². The maximum absolute atomic E-state index is 12.8. The number of carboxylic acids is 2. The fourth-order valence-electron chi connectivity index (χ4n) is 6.46. The molecule has 0 bridgehead atoms. The van der Waals surface area contributed by atoms with Crippen LogP contribution in [0.3, 0.4) is 0 Å². The third-order valence-corrected chi connectivity index (χ3v) is 9.68. The summed E-state index contributed by atoms with van der Waals surface area (Å²) in [6.45, 7) is 6.21. The Kier molecular flexibility index (Phi) is 36.9. The molecule has 0 aromatic rings. The van der Waals surface area contributed by atoms with E-state index in [1.54, 1.807) is 0 Å². The van der Waals surface area contributed by atoms with Crippen molar-refractivity contribution in [1.82, 2.24) is 0 Å². The number of unbranched alkanes of at least 4 members (excludes halogenated alkanes) is 18. The van der Waals surface area contributed by atoms with Crippen LogP contribution in [0.15, 0.2) is 0 Å². The zero-order valence-electron chi connectivity index (χ0n) is 33.4. The van der Waals surface area contributed by atoms with E-state index in [2.05, 4.69) is 13.8 Å². The van der Waals surface area contributed by atoms with Gasteiger partial charge in [0.2, 0.25) is 0 Å². The molecule has 0 aliphatic rings. The fraction of sp³-hybridized carbons (Fsp3) is 0.905. The molecule has 10 heteroatoms. The first-order valence-electron chi connectivity index (χ1n) is 21.2. The molecule has 0 aliphatic carbocycles. The van der Waals surface area contributed by atoms with Crippen LogP contribution in [-0.2, 0) is 38.1 Å². The first-order chi connectivity index (χ1) is 25.3. The third-order valence-electron chi connectivity index (χ3n) is 9.68. The predicted molar refractivity (Wildman–Crippen MR) is 206 cm³/mol. The summed E-state index contributed by atoms with van der Waals surface area (Å²) in [5.74, 6) is -1.83. The molecule has 2 N–H and O–H groups in total. The number of ether oxygens (including phenoxy) is 4. The van der Waals surface area contributed by atoms with E-state index in [4.69, 9.17) is 29.2 Å². The van der Waals surface area contributed by atoms with Crippen LogP contribution >= 0.6 is 0 Å². The molecule has 0 aromatic carbocycles. The van der Waals surface area contributed by atoms with Crippen LogP contribution < -0.4 is 0 Å². The van der Waals surface area contributed by atoms with Gasteiger partial charge >= 0.3 is 23.9 Å². The molecule has 10 nitrogen and oxygen atoms in total. The molecule has 0 amide bonds. The minimum absolute atomic E-state index is 0.0671. The second-order valence-electron chi connectivity index (χ2n) is 14.5. The van der Waals surface area contributed by atoms with Gasteiger partial charge in [-0.2, -0.15) is 0 Å². The minimum atomic E-state index is -0.721. The highest BCUT2D eigenvalue weighted by Crippen LogP contribution is 2.22. The van der Waals surface area contributed by atoms with Crippen molar-refractivity contribution in [2.45, 2.75) is 194 Å². The lowest BCUT2D eigenvalue weighted by molar-refractivity contribution is -0.152. The normalized spacial score (nSPS) is 12.4. The highest BCUT2D eigenvalue weighted by molar-refractivity contribution is 5.72. The smallest absolute Gasteiger partial charge is 0.309 e. The van der Waals surface area contributed by atoms with E-state index >= 15 is 0 Å². The van der Waals surface area contributed by atoms with Gasteiger partial charge in [-0.1, -0.05) is 142 Å². The zero-order chi connectivity index (χ0) is 38.3. The van der Waals surface area contributed by atoms with E-state index in [1.165, 1.54) is 12.8 Å². The molecule has 306 valence electrons. The standard InChI is InChI=1S/C42H78O10/c1-3-5-7-19-25-37(27-21-15-11-9-13-17-23-29-39(43)44)41(47)51-35-33-49-31-32-50-34-36-52-42(48)38(26-20-8-6-4-2)28-22-16-12-10-14-18-24-30-40(45)46/h37-38H,3-36H2,1-2H3,(H,43,44)(H,45,46). The Labute approximate surface area is 316 Å². The van der Waals surface area contributed by atoms with E-state index in [-0.39, 0.29) is 49.8 Å². The van der Waals surface area contributed by atoms with Crippen LogP contribution in [0.4, 0.5) is 0 Å². The Morgan fingerprint density at radius 3 is 0.962 bits per heavy atom. The Balaban J connectivity index is 4.15. The monoisotopic (exact) mass is 743 g/mol. The number of carbonyl (C=O) groups excluding carboxylic acids is 2. The van der Waals surface area contributed by atoms with E-state index in [1.807, 2.05) is 0 Å². The van der Waals surface area contributed by atoms with Crippen LogP contribution in [-0.4, -0.2) is 73.7 Å². The van der Waals surface area contributed by atoms with Gasteiger partial charge in [-0.25, -0.2) is 0 Å². The van der Waals surface area contributed by atoms with Gasteiger partial charge in [0.15, 0.2) is 0 Å². The Morgan fingerprint density at radius 2 is 0.654 bits per heavy atom. The van der Waals surface area contributed by atoms with Crippen molar-refractivity contribution in [3.63, 3.8) is 0 Å². The maximum Gasteiger partial charge on any atom is 0.309 e. The average molecular weight is 743 g/mol. The van der Waals surface area contributed by atoms with Crippen LogP contribution in [0.5, 0.6) is 0 Å². The average Bonchev–Trinajstić information content (AvgIpc) is 3.12. The van der Waals surface area contributed by atoms with E-state index in [0.717, 1.165) is 154 Å². The van der Waals surface area contributed by atoms with Crippen molar-refractivity contribution >= 4 is 23.9 Å². The molecule has 52 heavy (non-hydrogen) atoms. The lowest BCUT2D eigenvalue weighted by Crippen LogP contribution is -2.21. The lowest BCUT2D eigenvalue weighted by atomic mass is 9.94. The zero-order valence-corrected chi connectivity index (χ0v) is 33.4. The SMILES string of the molecule is CCCCCCC(CCCCCCCCCC(=O)O)C(=O)OCCOCCOCCOC(=O)C(CCCCCC)CCCCCCCCCC(=O)O. The minimum Gasteiger partial charge on any atom is -0.481 e. The molecule has 0 aliphatic heterocycles. The Morgan fingerprint density at radius 1 is 0.385 bits per heavy atom. The van der Waals surface area contributed by atoms with Gasteiger partial charge in [0, 0.05) is 12.8 Å². The summed E-state index contributed by atoms with van der Waals surface area (Å²) in [6, 6.07) is 0. The Bertz CT molecular complexity index is 781. The fourth-order valence-corrected chi connectivity index (χ4v) is 6.46. The summed E-state index contributed by atoms with van der Waals surface area (Å²) in [6.07, 6.45) is 27.2. The molecule has 0 saturated heterocycles. The number of hydrogen-bond donors (Lipinski definition) is 2. The van der Waals surface area contributed by atoms with Gasteiger partial charge in [-0.3, -0.25) is 19.2 Å². The van der Waals surface area contributed by atoms with Crippen molar-refractivity contribution in [1.29, 1.82) is 0 Å². The molecule has 0 spiro atoms. The molecular formula is C42H78O10. The molecule has 2 atom stereocenters. The highest BCUT2D eigenvalue weighted by Gasteiger charge is 2.20. The van der Waals surface area contributed by atoms with Crippen molar-refractivity contribution in [3.8, 4) is 0 Å². The van der Waals surface area contributed by atoms with Crippen LogP contribution in [0.1, 0.15) is 194 Å². The van der Waals surface area contributed by atoms with E-state index < -0.39 is 11.9 Å². The van der Waals surface area contributed by atoms with Gasteiger partial charge in [-0.15, -0.1) is 0 Å². The lowest BCUT2D eigenvalue weighted by Gasteiger charge is -2.16. The highest BCUT2D eigenvalue weighted by atomic mass is 16.6. The third kappa shape index (κ3) is 34.9. The second kappa shape index (κ2) is 38.5. The van der Waals surface area contributed by atoms with Crippen LogP contribution in [0, 0.1) is 11.8 Å². The molecule has 0 heterocycles. The largest absolute Gasteiger partial charge is 0.481 e. The molecule has 0 fully saturated rings.